The standard InChI is InChI=1S/C19H21N3O2/c1-21(14-17(23)22-13-12-20-19(22)24)18(15-8-4-2-5-9-15)16-10-6-3-7-11-16/h2-11,18H,12-14H2,1H3,(H,20,24). The predicted octanol–water partition coefficient (Wildman–Crippen LogP) is 2.26. The molecule has 1 fully saturated rings. The number of carbonyl (C=O) groups is 2. The molecule has 0 bridgehead atoms. The maximum absolute atomic E-state index is 12.5. The van der Waals surface area contributed by atoms with Crippen molar-refractivity contribution in [2.75, 3.05) is 26.7 Å². The van der Waals surface area contributed by atoms with Crippen molar-refractivity contribution >= 4 is 11.9 Å². The van der Waals surface area contributed by atoms with Crippen molar-refractivity contribution in [3.63, 3.8) is 0 Å². The van der Waals surface area contributed by atoms with Crippen LogP contribution in [0.15, 0.2) is 60.7 Å². The Morgan fingerprint density at radius 3 is 2.08 bits per heavy atom. The number of benzene rings is 2. The molecular weight excluding hydrogens is 302 g/mol. The molecule has 0 aromatic heterocycles. The molecule has 0 atom stereocenters. The smallest absolute Gasteiger partial charge is 0.324 e. The van der Waals surface area contributed by atoms with Gasteiger partial charge in [0.1, 0.15) is 0 Å². The molecule has 1 aliphatic heterocycles. The summed E-state index contributed by atoms with van der Waals surface area (Å²) in [6, 6.07) is 19.8. The van der Waals surface area contributed by atoms with E-state index in [0.29, 0.717) is 13.1 Å². The summed E-state index contributed by atoms with van der Waals surface area (Å²) in [5, 5.41) is 2.66. The van der Waals surface area contributed by atoms with Crippen LogP contribution in [0.4, 0.5) is 4.79 Å². The van der Waals surface area contributed by atoms with Gasteiger partial charge in [0.2, 0.25) is 5.91 Å². The fourth-order valence-electron chi connectivity index (χ4n) is 3.07. The molecule has 5 heteroatoms. The Balaban J connectivity index is 1.83. The Bertz CT molecular complexity index is 664. The second kappa shape index (κ2) is 7.27. The van der Waals surface area contributed by atoms with Crippen molar-refractivity contribution in [3.05, 3.63) is 71.8 Å². The lowest BCUT2D eigenvalue weighted by atomic mass is 9.97. The number of imide groups is 1. The number of carbonyl (C=O) groups excluding carboxylic acids is 2. The van der Waals surface area contributed by atoms with E-state index in [2.05, 4.69) is 29.6 Å². The molecule has 2 aromatic carbocycles. The van der Waals surface area contributed by atoms with Crippen LogP contribution in [0.3, 0.4) is 0 Å². The molecule has 124 valence electrons. The SMILES string of the molecule is CN(CC(=O)N1CCNC1=O)C(c1ccccc1)c1ccccc1. The molecule has 3 amide bonds. The van der Waals surface area contributed by atoms with Crippen LogP contribution in [0.5, 0.6) is 0 Å². The summed E-state index contributed by atoms with van der Waals surface area (Å²) in [4.78, 5) is 27.4. The lowest BCUT2D eigenvalue weighted by molar-refractivity contribution is -0.128. The molecule has 2 aromatic rings. The van der Waals surface area contributed by atoms with Crippen molar-refractivity contribution < 1.29 is 9.59 Å². The van der Waals surface area contributed by atoms with Crippen molar-refractivity contribution in [1.29, 1.82) is 0 Å². The minimum absolute atomic E-state index is 0.0398. The molecule has 0 spiro atoms. The van der Waals surface area contributed by atoms with Crippen molar-refractivity contribution in [2.45, 2.75) is 6.04 Å². The molecule has 0 aliphatic carbocycles. The van der Waals surface area contributed by atoms with Crippen LogP contribution in [-0.2, 0) is 4.79 Å². The van der Waals surface area contributed by atoms with Crippen LogP contribution >= 0.6 is 0 Å². The third-order valence-electron chi connectivity index (χ3n) is 4.21. The van der Waals surface area contributed by atoms with Gasteiger partial charge in [0.25, 0.3) is 0 Å². The summed E-state index contributed by atoms with van der Waals surface area (Å²) < 4.78 is 0. The molecule has 1 aliphatic rings. The monoisotopic (exact) mass is 323 g/mol. The molecule has 0 unspecified atom stereocenters. The highest BCUT2D eigenvalue weighted by atomic mass is 16.2. The molecule has 1 heterocycles. The van der Waals surface area contributed by atoms with Gasteiger partial charge in [0, 0.05) is 13.1 Å². The van der Waals surface area contributed by atoms with E-state index in [0.717, 1.165) is 11.1 Å². The van der Waals surface area contributed by atoms with E-state index >= 15 is 0 Å². The van der Waals surface area contributed by atoms with E-state index in [-0.39, 0.29) is 24.5 Å². The first-order valence-corrected chi connectivity index (χ1v) is 8.05. The summed E-state index contributed by atoms with van der Waals surface area (Å²) in [7, 11) is 1.91. The highest BCUT2D eigenvalue weighted by molar-refractivity contribution is 5.96. The summed E-state index contributed by atoms with van der Waals surface area (Å²) >= 11 is 0. The molecule has 1 saturated heterocycles. The van der Waals surface area contributed by atoms with Crippen LogP contribution in [0.2, 0.25) is 0 Å². The Morgan fingerprint density at radius 1 is 1.08 bits per heavy atom. The van der Waals surface area contributed by atoms with Gasteiger partial charge in [-0.05, 0) is 18.2 Å². The topological polar surface area (TPSA) is 52.7 Å². The number of amides is 3. The zero-order valence-electron chi connectivity index (χ0n) is 13.7. The summed E-state index contributed by atoms with van der Waals surface area (Å²) in [5.41, 5.74) is 2.23. The van der Waals surface area contributed by atoms with Crippen LogP contribution in [-0.4, -0.2) is 48.4 Å². The van der Waals surface area contributed by atoms with Gasteiger partial charge >= 0.3 is 6.03 Å². The highest BCUT2D eigenvalue weighted by Crippen LogP contribution is 2.27. The summed E-state index contributed by atoms with van der Waals surface area (Å²) in [6.45, 7) is 1.14. The Labute approximate surface area is 141 Å². The van der Waals surface area contributed by atoms with Gasteiger partial charge in [-0.15, -0.1) is 0 Å². The molecule has 0 saturated carbocycles. The van der Waals surface area contributed by atoms with Crippen molar-refractivity contribution in [1.82, 2.24) is 15.1 Å². The highest BCUT2D eigenvalue weighted by Gasteiger charge is 2.29. The zero-order chi connectivity index (χ0) is 16.9. The Kier molecular flexibility index (Phi) is 4.91. The summed E-state index contributed by atoms with van der Waals surface area (Å²) in [5.74, 6) is -0.177. The number of hydrogen-bond donors (Lipinski definition) is 1. The van der Waals surface area contributed by atoms with Gasteiger partial charge in [-0.3, -0.25) is 14.6 Å². The number of nitrogens with zero attached hydrogens (tertiary/aromatic N) is 2. The van der Waals surface area contributed by atoms with E-state index in [1.807, 2.05) is 48.3 Å². The van der Waals surface area contributed by atoms with Gasteiger partial charge in [0.15, 0.2) is 0 Å². The zero-order valence-corrected chi connectivity index (χ0v) is 13.7. The first kappa shape index (κ1) is 16.2. The third-order valence-corrected chi connectivity index (χ3v) is 4.21. The van der Waals surface area contributed by atoms with Crippen LogP contribution in [0.1, 0.15) is 17.2 Å². The minimum Gasteiger partial charge on any atom is -0.336 e. The number of hydrogen-bond acceptors (Lipinski definition) is 3. The maximum atomic E-state index is 12.5. The number of likely N-dealkylation sites (N-methyl/N-ethyl adjacent to an activating group) is 1. The van der Waals surface area contributed by atoms with Gasteiger partial charge < -0.3 is 5.32 Å². The van der Waals surface area contributed by atoms with Gasteiger partial charge in [0.05, 0.1) is 12.6 Å². The summed E-state index contributed by atoms with van der Waals surface area (Å²) in [6.07, 6.45) is 0. The Hall–Kier alpha value is -2.66. The van der Waals surface area contributed by atoms with Crippen LogP contribution in [0, 0.1) is 0 Å². The lowest BCUT2D eigenvalue weighted by Gasteiger charge is -2.29. The molecule has 0 radical (unpaired) electrons. The van der Waals surface area contributed by atoms with Gasteiger partial charge in [-0.25, -0.2) is 4.79 Å². The number of urea groups is 1. The van der Waals surface area contributed by atoms with Crippen LogP contribution < -0.4 is 5.32 Å². The fourth-order valence-corrected chi connectivity index (χ4v) is 3.07. The number of rotatable bonds is 5. The van der Waals surface area contributed by atoms with E-state index in [9.17, 15) is 9.59 Å². The predicted molar refractivity (Wildman–Crippen MR) is 92.5 cm³/mol. The second-order valence-corrected chi connectivity index (χ2v) is 5.92. The molecule has 5 nitrogen and oxygen atoms in total. The van der Waals surface area contributed by atoms with Crippen molar-refractivity contribution in [3.8, 4) is 0 Å². The van der Waals surface area contributed by atoms with E-state index < -0.39 is 0 Å². The van der Waals surface area contributed by atoms with Gasteiger partial charge in [-0.1, -0.05) is 60.7 Å². The quantitative estimate of drug-likeness (QED) is 0.918. The lowest BCUT2D eigenvalue weighted by Crippen LogP contribution is -2.42. The van der Waals surface area contributed by atoms with E-state index in [1.54, 1.807) is 0 Å². The molecular formula is C19H21N3O2. The van der Waals surface area contributed by atoms with Crippen LogP contribution in [0.25, 0.3) is 0 Å². The normalized spacial score (nSPS) is 14.3. The average Bonchev–Trinajstić information content (AvgIpc) is 3.03. The van der Waals surface area contributed by atoms with Gasteiger partial charge in [-0.2, -0.15) is 0 Å². The average molecular weight is 323 g/mol. The largest absolute Gasteiger partial charge is 0.336 e. The molecule has 1 N–H and O–H groups in total. The maximum Gasteiger partial charge on any atom is 0.324 e. The molecule has 3 rings (SSSR count). The Morgan fingerprint density at radius 2 is 1.62 bits per heavy atom. The van der Waals surface area contributed by atoms with E-state index in [4.69, 9.17) is 0 Å². The molecule has 24 heavy (non-hydrogen) atoms. The van der Waals surface area contributed by atoms with E-state index in [1.165, 1.54) is 4.90 Å². The van der Waals surface area contributed by atoms with Crippen molar-refractivity contribution in [2.24, 2.45) is 0 Å². The first-order valence-electron chi connectivity index (χ1n) is 8.05. The fraction of sp³-hybridized carbons (Fsp3) is 0.263. The first-order chi connectivity index (χ1) is 11.7. The minimum atomic E-state index is -0.302. The third kappa shape index (κ3) is 3.46. The number of nitrogens with one attached hydrogen (secondary N) is 1. The second-order valence-electron chi connectivity index (χ2n) is 5.92.